The lowest BCUT2D eigenvalue weighted by Crippen LogP contribution is -2.55. The number of hydrogen-bond acceptors (Lipinski definition) is 5. The summed E-state index contributed by atoms with van der Waals surface area (Å²) in [6.45, 7) is 5.17. The summed E-state index contributed by atoms with van der Waals surface area (Å²) in [4.78, 5) is 37.5. The van der Waals surface area contributed by atoms with Gasteiger partial charge in [-0.1, -0.05) is 60.7 Å². The van der Waals surface area contributed by atoms with Crippen LogP contribution in [0.3, 0.4) is 0 Å². The average Bonchev–Trinajstić information content (AvgIpc) is 2.72. The maximum Gasteiger partial charge on any atom is 0.408 e. The van der Waals surface area contributed by atoms with E-state index in [2.05, 4.69) is 10.6 Å². The molecule has 8 heteroatoms. The van der Waals surface area contributed by atoms with Crippen LogP contribution in [-0.4, -0.2) is 40.8 Å². The Morgan fingerprint density at radius 1 is 0.806 bits per heavy atom. The molecule has 0 spiro atoms. The van der Waals surface area contributed by atoms with Crippen LogP contribution in [-0.2, 0) is 27.2 Å². The predicted molar refractivity (Wildman–Crippen MR) is 115 cm³/mol. The molecule has 2 aromatic carbocycles. The molecule has 0 saturated heterocycles. The van der Waals surface area contributed by atoms with E-state index in [1.807, 2.05) is 60.7 Å². The van der Waals surface area contributed by atoms with Crippen molar-refractivity contribution in [1.29, 1.82) is 0 Å². The summed E-state index contributed by atoms with van der Waals surface area (Å²) < 4.78 is 5.28. The smallest absolute Gasteiger partial charge is 0.408 e. The van der Waals surface area contributed by atoms with E-state index in [0.717, 1.165) is 11.1 Å². The van der Waals surface area contributed by atoms with Gasteiger partial charge in [0, 0.05) is 12.8 Å². The summed E-state index contributed by atoms with van der Waals surface area (Å²) in [6, 6.07) is 16.2. The molecule has 0 bridgehead atoms. The zero-order chi connectivity index (χ0) is 22.9. The largest absolute Gasteiger partial charge is 0.444 e. The van der Waals surface area contributed by atoms with Gasteiger partial charge in [-0.05, 0) is 31.9 Å². The van der Waals surface area contributed by atoms with Gasteiger partial charge in [0.2, 0.25) is 5.91 Å². The van der Waals surface area contributed by atoms with Gasteiger partial charge in [0.15, 0.2) is 0 Å². The zero-order valence-corrected chi connectivity index (χ0v) is 17.9. The number of amides is 3. The van der Waals surface area contributed by atoms with Crippen LogP contribution in [0, 0.1) is 0 Å². The highest BCUT2D eigenvalue weighted by Gasteiger charge is 2.28. The van der Waals surface area contributed by atoms with E-state index < -0.39 is 35.6 Å². The molecule has 0 unspecified atom stereocenters. The molecular formula is C23H29N3O5. The third-order valence-electron chi connectivity index (χ3n) is 4.32. The first-order valence-electron chi connectivity index (χ1n) is 9.99. The first kappa shape index (κ1) is 23.9. The lowest BCUT2D eigenvalue weighted by molar-refractivity contribution is -0.135. The second-order valence-corrected chi connectivity index (χ2v) is 8.12. The first-order chi connectivity index (χ1) is 14.7. The van der Waals surface area contributed by atoms with Crippen molar-refractivity contribution >= 4 is 17.9 Å². The maximum atomic E-state index is 13.0. The van der Waals surface area contributed by atoms with Crippen LogP contribution in [0.1, 0.15) is 31.9 Å². The van der Waals surface area contributed by atoms with Gasteiger partial charge in [0.25, 0.3) is 5.91 Å². The molecule has 4 N–H and O–H groups in total. The molecule has 2 atom stereocenters. The predicted octanol–water partition coefficient (Wildman–Crippen LogP) is 2.36. The number of alkyl carbamates (subject to hydrolysis) is 1. The summed E-state index contributed by atoms with van der Waals surface area (Å²) in [5.41, 5.74) is 2.48. The Balaban J connectivity index is 2.17. The lowest BCUT2D eigenvalue weighted by atomic mass is 10.0. The van der Waals surface area contributed by atoms with Gasteiger partial charge >= 0.3 is 6.09 Å². The number of carbonyl (C=O) groups is 3. The molecule has 2 aromatic rings. The van der Waals surface area contributed by atoms with Crippen LogP contribution in [0.5, 0.6) is 0 Å². The molecule has 0 fully saturated rings. The summed E-state index contributed by atoms with van der Waals surface area (Å²) in [6.07, 6.45) is -0.372. The molecular weight excluding hydrogens is 398 g/mol. The molecule has 0 aromatic heterocycles. The Hall–Kier alpha value is -3.39. The molecule has 8 nitrogen and oxygen atoms in total. The summed E-state index contributed by atoms with van der Waals surface area (Å²) in [5.74, 6) is -1.33. The number of benzene rings is 2. The fourth-order valence-corrected chi connectivity index (χ4v) is 2.92. The highest BCUT2D eigenvalue weighted by Crippen LogP contribution is 2.10. The summed E-state index contributed by atoms with van der Waals surface area (Å²) in [7, 11) is 0. The second-order valence-electron chi connectivity index (χ2n) is 8.12. The van der Waals surface area contributed by atoms with Crippen molar-refractivity contribution in [3.05, 3.63) is 71.8 Å². The van der Waals surface area contributed by atoms with E-state index in [1.54, 1.807) is 26.3 Å². The van der Waals surface area contributed by atoms with Gasteiger partial charge in [0.1, 0.15) is 17.7 Å². The van der Waals surface area contributed by atoms with Crippen molar-refractivity contribution in [2.75, 3.05) is 0 Å². The van der Waals surface area contributed by atoms with E-state index >= 15 is 0 Å². The third kappa shape index (κ3) is 8.47. The van der Waals surface area contributed by atoms with E-state index in [-0.39, 0.29) is 12.8 Å². The average molecular weight is 428 g/mol. The van der Waals surface area contributed by atoms with Crippen molar-refractivity contribution < 1.29 is 24.3 Å². The molecule has 0 radical (unpaired) electrons. The maximum absolute atomic E-state index is 13.0. The number of hydrogen-bond donors (Lipinski definition) is 4. The molecule has 0 aliphatic carbocycles. The molecule has 31 heavy (non-hydrogen) atoms. The van der Waals surface area contributed by atoms with Crippen molar-refractivity contribution in [1.82, 2.24) is 16.1 Å². The van der Waals surface area contributed by atoms with Gasteiger partial charge in [-0.15, -0.1) is 0 Å². The SMILES string of the molecule is CC(C)(C)OC(=O)N[C@@H](Cc1ccccc1)C(=O)N[C@@H](Cc1ccccc1)C(=O)NO. The minimum atomic E-state index is -1.03. The topological polar surface area (TPSA) is 117 Å². The van der Waals surface area contributed by atoms with E-state index in [9.17, 15) is 14.4 Å². The third-order valence-corrected chi connectivity index (χ3v) is 4.32. The minimum Gasteiger partial charge on any atom is -0.444 e. The fraction of sp³-hybridized carbons (Fsp3) is 0.348. The van der Waals surface area contributed by atoms with E-state index in [0.29, 0.717) is 0 Å². The van der Waals surface area contributed by atoms with Crippen LogP contribution in [0.25, 0.3) is 0 Å². The molecule has 3 amide bonds. The standard InChI is InChI=1S/C23H29N3O5/c1-23(2,3)31-22(29)25-18(14-16-10-6-4-7-11-16)20(27)24-19(21(28)26-30)15-17-12-8-5-9-13-17/h4-13,18-19,30H,14-15H2,1-3H3,(H,24,27)(H,25,29)(H,26,28)/t18-,19-/m0/s1. The fourth-order valence-electron chi connectivity index (χ4n) is 2.92. The Kier molecular flexibility index (Phi) is 8.57. The zero-order valence-electron chi connectivity index (χ0n) is 17.9. The number of carbonyl (C=O) groups excluding carboxylic acids is 3. The molecule has 0 aliphatic heterocycles. The van der Waals surface area contributed by atoms with Gasteiger partial charge in [0.05, 0.1) is 0 Å². The first-order valence-corrected chi connectivity index (χ1v) is 9.99. The van der Waals surface area contributed by atoms with Crippen LogP contribution in [0.15, 0.2) is 60.7 Å². The van der Waals surface area contributed by atoms with Crippen molar-refractivity contribution in [3.8, 4) is 0 Å². The molecule has 0 aliphatic rings. The van der Waals surface area contributed by atoms with Crippen LogP contribution >= 0.6 is 0 Å². The number of hydroxylamine groups is 1. The van der Waals surface area contributed by atoms with Gasteiger partial charge in [-0.2, -0.15) is 0 Å². The van der Waals surface area contributed by atoms with Gasteiger partial charge < -0.3 is 15.4 Å². The summed E-state index contributed by atoms with van der Waals surface area (Å²) in [5, 5.41) is 14.3. The Labute approximate surface area is 181 Å². The Morgan fingerprint density at radius 2 is 1.26 bits per heavy atom. The monoisotopic (exact) mass is 427 g/mol. The lowest BCUT2D eigenvalue weighted by Gasteiger charge is -2.25. The van der Waals surface area contributed by atoms with Crippen molar-refractivity contribution in [3.63, 3.8) is 0 Å². The molecule has 2 rings (SSSR count). The van der Waals surface area contributed by atoms with E-state index in [1.165, 1.54) is 0 Å². The van der Waals surface area contributed by atoms with Crippen LogP contribution in [0.4, 0.5) is 4.79 Å². The molecule has 166 valence electrons. The molecule has 0 heterocycles. The molecule has 0 saturated carbocycles. The quantitative estimate of drug-likeness (QED) is 0.381. The highest BCUT2D eigenvalue weighted by molar-refractivity contribution is 5.91. The summed E-state index contributed by atoms with van der Waals surface area (Å²) >= 11 is 0. The second kappa shape index (κ2) is 11.1. The van der Waals surface area contributed by atoms with Gasteiger partial charge in [-0.3, -0.25) is 14.8 Å². The number of rotatable bonds is 8. The van der Waals surface area contributed by atoms with Gasteiger partial charge in [-0.25, -0.2) is 10.3 Å². The Morgan fingerprint density at radius 3 is 1.68 bits per heavy atom. The highest BCUT2D eigenvalue weighted by atomic mass is 16.6. The number of nitrogens with one attached hydrogen (secondary N) is 3. The van der Waals surface area contributed by atoms with Crippen LogP contribution < -0.4 is 16.1 Å². The van der Waals surface area contributed by atoms with E-state index in [4.69, 9.17) is 9.94 Å². The number of ether oxygens (including phenoxy) is 1. The van der Waals surface area contributed by atoms with Crippen LogP contribution in [0.2, 0.25) is 0 Å². The normalized spacial score (nSPS) is 12.9. The Bertz CT molecular complexity index is 866. The minimum absolute atomic E-state index is 0.170. The van der Waals surface area contributed by atoms with Crippen molar-refractivity contribution in [2.24, 2.45) is 0 Å². The van der Waals surface area contributed by atoms with Crippen molar-refractivity contribution in [2.45, 2.75) is 51.3 Å².